The Labute approximate surface area is 131 Å². The first kappa shape index (κ1) is 16.1. The first-order chi connectivity index (χ1) is 10.1. The highest BCUT2D eigenvalue weighted by Gasteiger charge is 2.18. The van der Waals surface area contributed by atoms with Crippen LogP contribution in [0.25, 0.3) is 0 Å². The first-order valence-electron chi connectivity index (χ1n) is 7.75. The summed E-state index contributed by atoms with van der Waals surface area (Å²) in [7, 11) is 0. The van der Waals surface area contributed by atoms with Crippen molar-refractivity contribution in [2.24, 2.45) is 0 Å². The largest absolute Gasteiger partial charge is 0.309 e. The average Bonchev–Trinajstić information content (AvgIpc) is 2.83. The molecule has 0 aromatic carbocycles. The molecule has 0 bridgehead atoms. The Kier molecular flexibility index (Phi) is 5.88. The summed E-state index contributed by atoms with van der Waals surface area (Å²) in [5.74, 6) is 0. The van der Waals surface area contributed by atoms with Gasteiger partial charge in [0.05, 0.1) is 10.7 Å². The van der Waals surface area contributed by atoms with Gasteiger partial charge in [0, 0.05) is 29.2 Å². The van der Waals surface area contributed by atoms with E-state index in [4.69, 9.17) is 0 Å². The van der Waals surface area contributed by atoms with E-state index in [9.17, 15) is 0 Å². The fourth-order valence-electron chi connectivity index (χ4n) is 2.44. The molecule has 1 atom stereocenters. The number of thiazole rings is 1. The van der Waals surface area contributed by atoms with Gasteiger partial charge < -0.3 is 5.32 Å². The minimum atomic E-state index is 0.316. The lowest BCUT2D eigenvalue weighted by atomic mass is 10.1. The van der Waals surface area contributed by atoms with Gasteiger partial charge in [-0.1, -0.05) is 19.9 Å². The number of nitrogens with one attached hydrogen (secondary N) is 1. The molecule has 2 heterocycles. The number of hydrogen-bond donors (Lipinski definition) is 1. The maximum Gasteiger partial charge on any atom is 0.0900 e. The summed E-state index contributed by atoms with van der Waals surface area (Å²) >= 11 is 1.80. The quantitative estimate of drug-likeness (QED) is 0.840. The molecule has 0 saturated carbocycles. The monoisotopic (exact) mass is 303 g/mol. The van der Waals surface area contributed by atoms with Crippen LogP contribution in [0.5, 0.6) is 0 Å². The molecule has 0 radical (unpaired) electrons. The second-order valence-electron chi connectivity index (χ2n) is 5.40. The molecule has 0 aliphatic carbocycles. The van der Waals surface area contributed by atoms with E-state index in [2.05, 4.69) is 55.1 Å². The van der Waals surface area contributed by atoms with Gasteiger partial charge >= 0.3 is 0 Å². The SMILES string of the molecule is CCCNC(Cc1ccc(CC)cn1)c1sc(C)nc1C. The molecule has 1 N–H and O–H groups in total. The van der Waals surface area contributed by atoms with Crippen LogP contribution in [-0.4, -0.2) is 16.5 Å². The van der Waals surface area contributed by atoms with Gasteiger partial charge in [-0.2, -0.15) is 0 Å². The minimum absolute atomic E-state index is 0.316. The molecule has 0 spiro atoms. The maximum atomic E-state index is 4.60. The number of aromatic nitrogens is 2. The zero-order valence-corrected chi connectivity index (χ0v) is 14.3. The molecule has 0 fully saturated rings. The third kappa shape index (κ3) is 4.35. The molecule has 21 heavy (non-hydrogen) atoms. The van der Waals surface area contributed by atoms with Crippen LogP contribution in [0.4, 0.5) is 0 Å². The molecule has 0 saturated heterocycles. The minimum Gasteiger partial charge on any atom is -0.309 e. The summed E-state index contributed by atoms with van der Waals surface area (Å²) in [6.07, 6.45) is 5.09. The lowest BCUT2D eigenvalue weighted by Gasteiger charge is -2.17. The highest BCUT2D eigenvalue weighted by molar-refractivity contribution is 7.11. The summed E-state index contributed by atoms with van der Waals surface area (Å²) in [5, 5.41) is 4.79. The maximum absolute atomic E-state index is 4.60. The number of pyridine rings is 1. The molecule has 2 aromatic heterocycles. The van der Waals surface area contributed by atoms with Crippen LogP contribution in [0.3, 0.4) is 0 Å². The van der Waals surface area contributed by atoms with Crippen molar-refractivity contribution in [1.82, 2.24) is 15.3 Å². The average molecular weight is 303 g/mol. The van der Waals surface area contributed by atoms with Crippen molar-refractivity contribution in [2.45, 2.75) is 53.0 Å². The number of hydrogen-bond acceptors (Lipinski definition) is 4. The van der Waals surface area contributed by atoms with Crippen molar-refractivity contribution in [3.05, 3.63) is 45.2 Å². The van der Waals surface area contributed by atoms with E-state index in [-0.39, 0.29) is 0 Å². The Morgan fingerprint density at radius 3 is 2.57 bits per heavy atom. The van der Waals surface area contributed by atoms with Crippen molar-refractivity contribution in [1.29, 1.82) is 0 Å². The first-order valence-corrected chi connectivity index (χ1v) is 8.56. The van der Waals surface area contributed by atoms with Crippen LogP contribution in [-0.2, 0) is 12.8 Å². The van der Waals surface area contributed by atoms with Crippen LogP contribution >= 0.6 is 11.3 Å². The van der Waals surface area contributed by atoms with Gasteiger partial charge in [-0.3, -0.25) is 4.98 Å². The standard InChI is InChI=1S/C17H25N3S/c1-5-9-18-16(17-12(3)20-13(4)21-17)10-15-8-7-14(6-2)11-19-15/h7-8,11,16,18H,5-6,9-10H2,1-4H3. The molecule has 0 amide bonds. The molecular formula is C17H25N3S. The molecule has 4 heteroatoms. The van der Waals surface area contributed by atoms with Crippen molar-refractivity contribution in [2.75, 3.05) is 6.54 Å². The van der Waals surface area contributed by atoms with Gasteiger partial charge in [-0.05, 0) is 44.9 Å². The number of aryl methyl sites for hydroxylation is 3. The molecule has 114 valence electrons. The van der Waals surface area contributed by atoms with Crippen LogP contribution < -0.4 is 5.32 Å². The zero-order valence-electron chi connectivity index (χ0n) is 13.4. The van der Waals surface area contributed by atoms with Crippen LogP contribution in [0.2, 0.25) is 0 Å². The number of rotatable bonds is 7. The molecule has 3 nitrogen and oxygen atoms in total. The Hall–Kier alpha value is -1.26. The van der Waals surface area contributed by atoms with Crippen molar-refractivity contribution < 1.29 is 0 Å². The third-order valence-electron chi connectivity index (χ3n) is 3.60. The van der Waals surface area contributed by atoms with E-state index in [0.29, 0.717) is 6.04 Å². The topological polar surface area (TPSA) is 37.8 Å². The van der Waals surface area contributed by atoms with Crippen LogP contribution in [0.15, 0.2) is 18.3 Å². The van der Waals surface area contributed by atoms with Gasteiger partial charge in [0.15, 0.2) is 0 Å². The van der Waals surface area contributed by atoms with Gasteiger partial charge in [0.2, 0.25) is 0 Å². The molecule has 0 aliphatic rings. The normalized spacial score (nSPS) is 12.6. The fraction of sp³-hybridized carbons (Fsp3) is 0.529. The second-order valence-corrected chi connectivity index (χ2v) is 6.64. The lowest BCUT2D eigenvalue weighted by molar-refractivity contribution is 0.528. The Bertz CT molecular complexity index is 560. The van der Waals surface area contributed by atoms with E-state index in [1.54, 1.807) is 11.3 Å². The highest BCUT2D eigenvalue weighted by Crippen LogP contribution is 2.27. The third-order valence-corrected chi connectivity index (χ3v) is 4.79. The van der Waals surface area contributed by atoms with E-state index >= 15 is 0 Å². The van der Waals surface area contributed by atoms with Crippen molar-refractivity contribution >= 4 is 11.3 Å². The Morgan fingerprint density at radius 1 is 1.24 bits per heavy atom. The van der Waals surface area contributed by atoms with Gasteiger partial charge in [-0.15, -0.1) is 11.3 Å². The van der Waals surface area contributed by atoms with Crippen molar-refractivity contribution in [3.8, 4) is 0 Å². The van der Waals surface area contributed by atoms with Gasteiger partial charge in [-0.25, -0.2) is 4.98 Å². The van der Waals surface area contributed by atoms with Gasteiger partial charge in [0.1, 0.15) is 0 Å². The summed E-state index contributed by atoms with van der Waals surface area (Å²) in [5.41, 5.74) is 3.59. The summed E-state index contributed by atoms with van der Waals surface area (Å²) < 4.78 is 0. The molecule has 1 unspecified atom stereocenters. The summed E-state index contributed by atoms with van der Waals surface area (Å²) in [6.45, 7) is 9.56. The number of nitrogens with zero attached hydrogens (tertiary/aromatic N) is 2. The lowest BCUT2D eigenvalue weighted by Crippen LogP contribution is -2.24. The zero-order chi connectivity index (χ0) is 15.2. The van der Waals surface area contributed by atoms with Crippen LogP contribution in [0, 0.1) is 13.8 Å². The second kappa shape index (κ2) is 7.66. The van der Waals surface area contributed by atoms with E-state index in [1.807, 2.05) is 6.20 Å². The van der Waals surface area contributed by atoms with Crippen molar-refractivity contribution in [3.63, 3.8) is 0 Å². The molecule has 2 aromatic rings. The molecule has 2 rings (SSSR count). The molecular weight excluding hydrogens is 278 g/mol. The highest BCUT2D eigenvalue weighted by atomic mass is 32.1. The Balaban J connectivity index is 2.17. The predicted octanol–water partition coefficient (Wildman–Crippen LogP) is 4.00. The summed E-state index contributed by atoms with van der Waals surface area (Å²) in [6, 6.07) is 4.66. The van der Waals surface area contributed by atoms with E-state index in [0.717, 1.165) is 42.2 Å². The summed E-state index contributed by atoms with van der Waals surface area (Å²) in [4.78, 5) is 10.5. The predicted molar refractivity (Wildman–Crippen MR) is 89.9 cm³/mol. The van der Waals surface area contributed by atoms with Gasteiger partial charge in [0.25, 0.3) is 0 Å². The van der Waals surface area contributed by atoms with E-state index in [1.165, 1.54) is 10.4 Å². The Morgan fingerprint density at radius 2 is 2.05 bits per heavy atom. The fourth-order valence-corrected chi connectivity index (χ4v) is 3.44. The molecule has 0 aliphatic heterocycles. The smallest absolute Gasteiger partial charge is 0.0900 e. The van der Waals surface area contributed by atoms with Crippen LogP contribution in [0.1, 0.15) is 53.1 Å². The van der Waals surface area contributed by atoms with E-state index < -0.39 is 0 Å².